The summed E-state index contributed by atoms with van der Waals surface area (Å²) in [6.45, 7) is 2.12. The molecule has 0 fully saturated rings. The van der Waals surface area contributed by atoms with Crippen molar-refractivity contribution in [3.05, 3.63) is 18.0 Å². The number of hydrogen-bond acceptors (Lipinski definition) is 3. The van der Waals surface area contributed by atoms with Crippen molar-refractivity contribution in [2.24, 2.45) is 5.73 Å². The van der Waals surface area contributed by atoms with Crippen LogP contribution < -0.4 is 11.1 Å². The number of nitrogens with zero attached hydrogens (tertiary/aromatic N) is 2. The number of rotatable bonds is 3. The van der Waals surface area contributed by atoms with Crippen molar-refractivity contribution in [1.29, 1.82) is 0 Å². The van der Waals surface area contributed by atoms with Crippen molar-refractivity contribution >= 4 is 5.91 Å². The Morgan fingerprint density at radius 3 is 3.00 bits per heavy atom. The van der Waals surface area contributed by atoms with Crippen LogP contribution >= 0.6 is 0 Å². The third-order valence-electron chi connectivity index (χ3n) is 1.76. The van der Waals surface area contributed by atoms with Gasteiger partial charge in [-0.3, -0.25) is 9.48 Å². The Bertz CT molecular complexity index is 292. The van der Waals surface area contributed by atoms with Gasteiger partial charge in [0.05, 0.1) is 6.20 Å². The molecule has 0 spiro atoms. The van der Waals surface area contributed by atoms with E-state index in [0.29, 0.717) is 0 Å². The molecule has 0 aliphatic heterocycles. The van der Waals surface area contributed by atoms with Gasteiger partial charge in [-0.15, -0.1) is 0 Å². The lowest BCUT2D eigenvalue weighted by molar-refractivity contribution is -0.121. The monoisotopic (exact) mass is 182 g/mol. The molecular formula is C8H14N4O. The first kappa shape index (κ1) is 9.73. The molecule has 0 aliphatic carbocycles. The van der Waals surface area contributed by atoms with Crippen LogP contribution in [0, 0.1) is 0 Å². The summed E-state index contributed by atoms with van der Waals surface area (Å²) in [5, 5.41) is 6.52. The summed E-state index contributed by atoms with van der Waals surface area (Å²) in [6, 6.07) is -0.0431. The molecule has 5 nitrogen and oxygen atoms in total. The van der Waals surface area contributed by atoms with Gasteiger partial charge in [-0.25, -0.2) is 0 Å². The van der Waals surface area contributed by atoms with Gasteiger partial charge in [-0.05, 0) is 6.92 Å². The summed E-state index contributed by atoms with van der Waals surface area (Å²) in [6.07, 6.45) is 3.45. The first-order valence-electron chi connectivity index (χ1n) is 4.12. The Morgan fingerprint density at radius 1 is 1.85 bits per heavy atom. The zero-order valence-electron chi connectivity index (χ0n) is 7.82. The van der Waals surface area contributed by atoms with Gasteiger partial charge in [0.2, 0.25) is 5.91 Å². The van der Waals surface area contributed by atoms with E-state index in [2.05, 4.69) is 10.4 Å². The predicted molar refractivity (Wildman–Crippen MR) is 48.9 cm³/mol. The molecule has 1 unspecified atom stereocenters. The molecule has 0 bridgehead atoms. The molecule has 0 aromatic carbocycles. The second-order valence-electron chi connectivity index (χ2n) is 2.93. The van der Waals surface area contributed by atoms with Gasteiger partial charge >= 0.3 is 0 Å². The number of carbonyl (C=O) groups is 1. The number of aromatic nitrogens is 2. The highest BCUT2D eigenvalue weighted by atomic mass is 16.1. The summed E-state index contributed by atoms with van der Waals surface area (Å²) in [4.78, 5) is 11.0. The topological polar surface area (TPSA) is 72.9 Å². The molecule has 0 aliphatic rings. The molecule has 1 atom stereocenters. The molecule has 1 amide bonds. The number of nitrogens with one attached hydrogen (secondary N) is 1. The molecule has 1 aromatic rings. The lowest BCUT2D eigenvalue weighted by Crippen LogP contribution is -2.23. The Hall–Kier alpha value is -1.36. The summed E-state index contributed by atoms with van der Waals surface area (Å²) >= 11 is 0. The van der Waals surface area contributed by atoms with Gasteiger partial charge in [-0.1, -0.05) is 0 Å². The fraction of sp³-hybridized carbons (Fsp3) is 0.500. The molecule has 1 aromatic heterocycles. The molecule has 0 saturated heterocycles. The van der Waals surface area contributed by atoms with Crippen molar-refractivity contribution in [1.82, 2.24) is 15.1 Å². The van der Waals surface area contributed by atoms with Gasteiger partial charge in [0.1, 0.15) is 6.54 Å². The SMILES string of the molecule is CNC(=O)Cn1cc(C(C)N)cn1. The smallest absolute Gasteiger partial charge is 0.241 e. The maximum atomic E-state index is 11.0. The molecule has 5 heteroatoms. The Morgan fingerprint density at radius 2 is 2.54 bits per heavy atom. The van der Waals surface area contributed by atoms with E-state index in [4.69, 9.17) is 5.73 Å². The first-order valence-corrected chi connectivity index (χ1v) is 4.12. The van der Waals surface area contributed by atoms with Crippen LogP contribution in [0.2, 0.25) is 0 Å². The number of carbonyl (C=O) groups excluding carboxylic acids is 1. The van der Waals surface area contributed by atoms with E-state index in [1.54, 1.807) is 24.1 Å². The van der Waals surface area contributed by atoms with Crippen LogP contribution in [0.4, 0.5) is 0 Å². The van der Waals surface area contributed by atoms with Gasteiger partial charge in [0, 0.05) is 24.8 Å². The third kappa shape index (κ3) is 2.55. The van der Waals surface area contributed by atoms with E-state index < -0.39 is 0 Å². The molecular weight excluding hydrogens is 168 g/mol. The van der Waals surface area contributed by atoms with Crippen LogP contribution in [0.25, 0.3) is 0 Å². The lowest BCUT2D eigenvalue weighted by atomic mass is 10.2. The van der Waals surface area contributed by atoms with Crippen LogP contribution in [0.1, 0.15) is 18.5 Å². The minimum Gasteiger partial charge on any atom is -0.358 e. The molecule has 0 radical (unpaired) electrons. The fourth-order valence-electron chi connectivity index (χ4n) is 0.927. The minimum atomic E-state index is -0.0701. The molecule has 0 saturated carbocycles. The van der Waals surface area contributed by atoms with Crippen molar-refractivity contribution in [3.8, 4) is 0 Å². The second kappa shape index (κ2) is 4.04. The molecule has 3 N–H and O–H groups in total. The average molecular weight is 182 g/mol. The molecule has 1 rings (SSSR count). The first-order chi connectivity index (χ1) is 6.13. The summed E-state index contributed by atoms with van der Waals surface area (Å²) in [5.74, 6) is -0.0701. The van der Waals surface area contributed by atoms with E-state index in [1.807, 2.05) is 6.92 Å². The van der Waals surface area contributed by atoms with Gasteiger partial charge < -0.3 is 11.1 Å². The Balaban J connectivity index is 2.64. The average Bonchev–Trinajstić information content (AvgIpc) is 2.52. The minimum absolute atomic E-state index is 0.0431. The van der Waals surface area contributed by atoms with Crippen LogP contribution in [0.15, 0.2) is 12.4 Å². The maximum absolute atomic E-state index is 11.0. The van der Waals surface area contributed by atoms with Crippen LogP contribution in [0.3, 0.4) is 0 Å². The van der Waals surface area contributed by atoms with E-state index in [1.165, 1.54) is 0 Å². The van der Waals surface area contributed by atoms with Crippen LogP contribution in [-0.4, -0.2) is 22.7 Å². The predicted octanol–water partition coefficient (Wildman–Crippen LogP) is -0.351. The molecule has 13 heavy (non-hydrogen) atoms. The van der Waals surface area contributed by atoms with E-state index >= 15 is 0 Å². The highest BCUT2D eigenvalue weighted by Crippen LogP contribution is 2.06. The van der Waals surface area contributed by atoms with E-state index in [9.17, 15) is 4.79 Å². The van der Waals surface area contributed by atoms with Crippen molar-refractivity contribution in [3.63, 3.8) is 0 Å². The Kier molecular flexibility index (Phi) is 3.02. The summed E-state index contributed by atoms with van der Waals surface area (Å²) in [7, 11) is 1.60. The number of amides is 1. The zero-order chi connectivity index (χ0) is 9.84. The van der Waals surface area contributed by atoms with Gasteiger partial charge in [-0.2, -0.15) is 5.10 Å². The number of nitrogens with two attached hydrogens (primary N) is 1. The summed E-state index contributed by atoms with van der Waals surface area (Å²) < 4.78 is 1.57. The van der Waals surface area contributed by atoms with E-state index in [-0.39, 0.29) is 18.5 Å². The fourth-order valence-corrected chi connectivity index (χ4v) is 0.927. The van der Waals surface area contributed by atoms with E-state index in [0.717, 1.165) is 5.56 Å². The largest absolute Gasteiger partial charge is 0.358 e. The normalized spacial score (nSPS) is 12.5. The lowest BCUT2D eigenvalue weighted by Gasteiger charge is -2.00. The van der Waals surface area contributed by atoms with Crippen molar-refractivity contribution in [2.45, 2.75) is 19.5 Å². The third-order valence-corrected chi connectivity index (χ3v) is 1.76. The highest BCUT2D eigenvalue weighted by molar-refractivity contribution is 5.75. The van der Waals surface area contributed by atoms with Gasteiger partial charge in [0.15, 0.2) is 0 Å². The van der Waals surface area contributed by atoms with Crippen LogP contribution in [0.5, 0.6) is 0 Å². The summed E-state index contributed by atoms with van der Waals surface area (Å²) in [5.41, 5.74) is 6.57. The standard InChI is InChI=1S/C8H14N4O/c1-6(9)7-3-11-12(4-7)5-8(13)10-2/h3-4,6H,5,9H2,1-2H3,(H,10,13). The maximum Gasteiger partial charge on any atom is 0.241 e. The number of likely N-dealkylation sites (N-methyl/N-ethyl adjacent to an activating group) is 1. The van der Waals surface area contributed by atoms with Crippen LogP contribution in [-0.2, 0) is 11.3 Å². The molecule has 1 heterocycles. The van der Waals surface area contributed by atoms with Crippen molar-refractivity contribution in [2.75, 3.05) is 7.05 Å². The van der Waals surface area contributed by atoms with Gasteiger partial charge in [0.25, 0.3) is 0 Å². The van der Waals surface area contributed by atoms with Crippen molar-refractivity contribution < 1.29 is 4.79 Å². The quantitative estimate of drug-likeness (QED) is 0.671. The second-order valence-corrected chi connectivity index (χ2v) is 2.93. The number of hydrogen-bond donors (Lipinski definition) is 2. The highest BCUT2D eigenvalue weighted by Gasteiger charge is 2.04. The Labute approximate surface area is 76.9 Å². The molecule has 72 valence electrons. The zero-order valence-corrected chi connectivity index (χ0v) is 7.82.